The van der Waals surface area contributed by atoms with Gasteiger partial charge in [0.2, 0.25) is 11.8 Å². The van der Waals surface area contributed by atoms with Gasteiger partial charge in [-0.25, -0.2) is 4.79 Å². The highest BCUT2D eigenvalue weighted by molar-refractivity contribution is 5.85. The minimum absolute atomic E-state index is 0.0116. The van der Waals surface area contributed by atoms with Crippen molar-refractivity contribution in [1.29, 1.82) is 0 Å². The zero-order valence-electron chi connectivity index (χ0n) is 12.7. The molecule has 0 heterocycles. The largest absolute Gasteiger partial charge is 0.480 e. The number of amides is 2. The summed E-state index contributed by atoms with van der Waals surface area (Å²) in [5.41, 5.74) is 0. The van der Waals surface area contributed by atoms with E-state index < -0.39 is 18.5 Å². The van der Waals surface area contributed by atoms with E-state index in [-0.39, 0.29) is 25.1 Å². The van der Waals surface area contributed by atoms with Crippen molar-refractivity contribution in [3.8, 4) is 0 Å². The van der Waals surface area contributed by atoms with Crippen molar-refractivity contribution in [3.05, 3.63) is 0 Å². The number of ether oxygens (including phenoxy) is 1. The average Bonchev–Trinajstić information content (AvgIpc) is 2.46. The molecule has 1 aliphatic rings. The number of hydrogen-bond acceptors (Lipinski definition) is 4. The molecule has 0 bridgehead atoms. The quantitative estimate of drug-likeness (QED) is 0.732. The fourth-order valence-corrected chi connectivity index (χ4v) is 2.41. The number of rotatable bonds is 7. The summed E-state index contributed by atoms with van der Waals surface area (Å²) in [6, 6.07) is 0.262. The Bertz CT molecular complexity index is 380. The molecule has 1 rings (SSSR count). The smallest absolute Gasteiger partial charge is 0.329 e. The lowest BCUT2D eigenvalue weighted by atomic mass is 9.94. The molecule has 1 saturated carbocycles. The molecule has 0 radical (unpaired) electrons. The molecule has 7 heteroatoms. The number of carboxylic acid groups (broad SMARTS) is 1. The van der Waals surface area contributed by atoms with Crippen LogP contribution in [0.1, 0.15) is 32.1 Å². The molecule has 1 fully saturated rings. The molecule has 1 N–H and O–H groups in total. The summed E-state index contributed by atoms with van der Waals surface area (Å²) in [6.07, 6.45) is 5.53. The van der Waals surface area contributed by atoms with Crippen LogP contribution in [0.3, 0.4) is 0 Å². The molecule has 7 nitrogen and oxygen atoms in total. The molecule has 120 valence electrons. The Morgan fingerprint density at radius 1 is 1.05 bits per heavy atom. The molecular formula is C14H24N2O5. The summed E-state index contributed by atoms with van der Waals surface area (Å²) < 4.78 is 4.72. The number of hydrogen-bond donors (Lipinski definition) is 1. The maximum absolute atomic E-state index is 12.1. The first-order valence-corrected chi connectivity index (χ1v) is 7.21. The molecule has 0 saturated heterocycles. The third kappa shape index (κ3) is 6.12. The summed E-state index contributed by atoms with van der Waals surface area (Å²) in [5.74, 6) is -1.63. The summed E-state index contributed by atoms with van der Waals surface area (Å²) in [6.45, 7) is -0.860. The number of carbonyl (C=O) groups is 3. The van der Waals surface area contributed by atoms with Gasteiger partial charge in [-0.2, -0.15) is 0 Å². The number of likely N-dealkylation sites (N-methyl/N-ethyl adjacent to an activating group) is 2. The molecule has 0 aromatic rings. The molecule has 0 aromatic heterocycles. The zero-order chi connectivity index (χ0) is 15.8. The highest BCUT2D eigenvalue weighted by Gasteiger charge is 2.23. The van der Waals surface area contributed by atoms with E-state index in [2.05, 4.69) is 0 Å². The zero-order valence-corrected chi connectivity index (χ0v) is 12.7. The third-order valence-corrected chi connectivity index (χ3v) is 3.77. The fraction of sp³-hybridized carbons (Fsp3) is 0.786. The second-order valence-corrected chi connectivity index (χ2v) is 5.43. The molecule has 0 atom stereocenters. The Morgan fingerprint density at radius 2 is 1.67 bits per heavy atom. The van der Waals surface area contributed by atoms with E-state index >= 15 is 0 Å². The van der Waals surface area contributed by atoms with E-state index in [0.29, 0.717) is 0 Å². The molecule has 1 aliphatic carbocycles. The number of aliphatic carboxylic acids is 1. The molecule has 21 heavy (non-hydrogen) atoms. The number of nitrogens with zero attached hydrogens (tertiary/aromatic N) is 2. The van der Waals surface area contributed by atoms with Gasteiger partial charge in [0.25, 0.3) is 0 Å². The van der Waals surface area contributed by atoms with Gasteiger partial charge < -0.3 is 19.6 Å². The summed E-state index contributed by atoms with van der Waals surface area (Å²) in [5, 5.41) is 8.42. The van der Waals surface area contributed by atoms with E-state index in [1.807, 2.05) is 0 Å². The Hall–Kier alpha value is -1.63. The van der Waals surface area contributed by atoms with Crippen LogP contribution in [0.2, 0.25) is 0 Å². The summed E-state index contributed by atoms with van der Waals surface area (Å²) in [7, 11) is 3.29. The molecule has 0 unspecified atom stereocenters. The highest BCUT2D eigenvalue weighted by Crippen LogP contribution is 2.21. The Balaban J connectivity index is 2.34. The van der Waals surface area contributed by atoms with Crippen LogP contribution in [0.15, 0.2) is 0 Å². The Labute approximate surface area is 124 Å². The van der Waals surface area contributed by atoms with Gasteiger partial charge in [-0.05, 0) is 12.8 Å². The van der Waals surface area contributed by atoms with Crippen molar-refractivity contribution in [1.82, 2.24) is 9.80 Å². The van der Waals surface area contributed by atoms with Crippen LogP contribution < -0.4 is 0 Å². The first-order valence-electron chi connectivity index (χ1n) is 7.21. The third-order valence-electron chi connectivity index (χ3n) is 3.77. The van der Waals surface area contributed by atoms with Crippen LogP contribution in [-0.2, 0) is 19.1 Å². The average molecular weight is 300 g/mol. The Morgan fingerprint density at radius 3 is 2.24 bits per heavy atom. The van der Waals surface area contributed by atoms with Crippen LogP contribution in [0.25, 0.3) is 0 Å². The molecule has 2 amide bonds. The standard InChI is InChI=1S/C14H24N2O5/c1-15(13(18)9-21-10-14(19)20)8-12(17)16(2)11-6-4-3-5-7-11/h11H,3-10H2,1-2H3,(H,19,20). The van der Waals surface area contributed by atoms with Gasteiger partial charge in [0.1, 0.15) is 13.2 Å². The van der Waals surface area contributed by atoms with Crippen molar-refractivity contribution in [2.45, 2.75) is 38.1 Å². The predicted octanol–water partition coefficient (Wildman–Crippen LogP) is 0.337. The van der Waals surface area contributed by atoms with E-state index in [1.54, 1.807) is 11.9 Å². The lowest BCUT2D eigenvalue weighted by molar-refractivity contribution is -0.147. The molecular weight excluding hydrogens is 276 g/mol. The van der Waals surface area contributed by atoms with Crippen molar-refractivity contribution >= 4 is 17.8 Å². The highest BCUT2D eigenvalue weighted by atomic mass is 16.5. The molecule has 0 aromatic carbocycles. The summed E-state index contributed by atoms with van der Waals surface area (Å²) in [4.78, 5) is 37.1. The van der Waals surface area contributed by atoms with E-state index in [4.69, 9.17) is 9.84 Å². The van der Waals surface area contributed by atoms with E-state index in [0.717, 1.165) is 25.7 Å². The SMILES string of the molecule is CN(CC(=O)N(C)C1CCCCC1)C(=O)COCC(=O)O. The van der Waals surface area contributed by atoms with Gasteiger partial charge in [-0.3, -0.25) is 9.59 Å². The van der Waals surface area contributed by atoms with Gasteiger partial charge in [0.15, 0.2) is 0 Å². The van der Waals surface area contributed by atoms with Gasteiger partial charge in [-0.15, -0.1) is 0 Å². The second-order valence-electron chi connectivity index (χ2n) is 5.43. The van der Waals surface area contributed by atoms with Crippen molar-refractivity contribution < 1.29 is 24.2 Å². The van der Waals surface area contributed by atoms with Crippen LogP contribution in [-0.4, -0.2) is 72.6 Å². The van der Waals surface area contributed by atoms with Gasteiger partial charge in [-0.1, -0.05) is 19.3 Å². The van der Waals surface area contributed by atoms with Crippen molar-refractivity contribution in [2.75, 3.05) is 33.9 Å². The maximum atomic E-state index is 12.1. The molecule has 0 spiro atoms. The monoisotopic (exact) mass is 300 g/mol. The normalized spacial score (nSPS) is 15.5. The van der Waals surface area contributed by atoms with Gasteiger partial charge in [0.05, 0.1) is 6.54 Å². The topological polar surface area (TPSA) is 87.2 Å². The van der Waals surface area contributed by atoms with Gasteiger partial charge in [0, 0.05) is 20.1 Å². The lowest BCUT2D eigenvalue weighted by Crippen LogP contribution is -2.45. The predicted molar refractivity (Wildman–Crippen MR) is 75.7 cm³/mol. The maximum Gasteiger partial charge on any atom is 0.329 e. The first kappa shape index (κ1) is 17.4. The van der Waals surface area contributed by atoms with Crippen LogP contribution in [0.4, 0.5) is 0 Å². The first-order chi connectivity index (χ1) is 9.91. The van der Waals surface area contributed by atoms with Gasteiger partial charge >= 0.3 is 5.97 Å². The minimum atomic E-state index is -1.13. The lowest BCUT2D eigenvalue weighted by Gasteiger charge is -2.32. The Kier molecular flexibility index (Phi) is 7.14. The fourth-order valence-electron chi connectivity index (χ4n) is 2.41. The van der Waals surface area contributed by atoms with Crippen LogP contribution in [0.5, 0.6) is 0 Å². The van der Waals surface area contributed by atoms with Crippen molar-refractivity contribution in [2.24, 2.45) is 0 Å². The van der Waals surface area contributed by atoms with Crippen LogP contribution >= 0.6 is 0 Å². The van der Waals surface area contributed by atoms with Crippen LogP contribution in [0, 0.1) is 0 Å². The molecule has 0 aliphatic heterocycles. The second kappa shape index (κ2) is 8.61. The van der Waals surface area contributed by atoms with Crippen molar-refractivity contribution in [3.63, 3.8) is 0 Å². The van der Waals surface area contributed by atoms with E-state index in [1.165, 1.54) is 18.4 Å². The minimum Gasteiger partial charge on any atom is -0.480 e. The summed E-state index contributed by atoms with van der Waals surface area (Å²) >= 11 is 0. The number of carboxylic acids is 1. The number of carbonyl (C=O) groups excluding carboxylic acids is 2. The van der Waals surface area contributed by atoms with E-state index in [9.17, 15) is 14.4 Å².